The lowest BCUT2D eigenvalue weighted by Gasteiger charge is -2.14. The average Bonchev–Trinajstić information content (AvgIpc) is 2.27. The van der Waals surface area contributed by atoms with Gasteiger partial charge >= 0.3 is 0 Å². The van der Waals surface area contributed by atoms with Gasteiger partial charge in [0.25, 0.3) is 0 Å². The minimum absolute atomic E-state index is 0.0192. The predicted octanol–water partition coefficient (Wildman–Crippen LogP) is 0.452. The second-order valence-electron chi connectivity index (χ2n) is 4.40. The third kappa shape index (κ3) is 8.30. The maximum Gasteiger partial charge on any atom is 0.243 e. The molecule has 1 amide bonds. The lowest BCUT2D eigenvalue weighted by Crippen LogP contribution is -2.40. The van der Waals surface area contributed by atoms with Crippen LogP contribution in [0.4, 0.5) is 0 Å². The number of likely N-dealkylation sites (N-methyl/N-ethyl adjacent to an activating group) is 1. The van der Waals surface area contributed by atoms with Gasteiger partial charge in [-0.3, -0.25) is 4.79 Å². The van der Waals surface area contributed by atoms with Crippen LogP contribution >= 0.6 is 0 Å². The molecule has 0 atom stereocenters. The van der Waals surface area contributed by atoms with Crippen molar-refractivity contribution in [2.24, 2.45) is 10.9 Å². The lowest BCUT2D eigenvalue weighted by molar-refractivity contribution is -0.127. The monoisotopic (exact) mass is 240 g/mol. The highest BCUT2D eigenvalue weighted by Gasteiger charge is 2.04. The first-order valence-electron chi connectivity index (χ1n) is 5.80. The molecule has 0 saturated heterocycles. The maximum atomic E-state index is 11.4. The summed E-state index contributed by atoms with van der Waals surface area (Å²) in [6, 6.07) is 0. The Hall–Kier alpha value is -1.52. The Kier molecular flexibility index (Phi) is 7.84. The van der Waals surface area contributed by atoms with E-state index in [9.17, 15) is 4.79 Å². The molecule has 0 aliphatic heterocycles. The first-order valence-corrected chi connectivity index (χ1v) is 5.80. The average molecular weight is 240 g/mol. The van der Waals surface area contributed by atoms with Crippen LogP contribution in [0.1, 0.15) is 13.8 Å². The number of aliphatic imine (C=N–C) groups is 1. The van der Waals surface area contributed by atoms with Crippen LogP contribution in [0.15, 0.2) is 17.6 Å². The van der Waals surface area contributed by atoms with Crippen LogP contribution < -0.4 is 10.6 Å². The van der Waals surface area contributed by atoms with Crippen LogP contribution in [-0.4, -0.2) is 50.5 Å². The number of hydrogen-bond donors (Lipinski definition) is 2. The van der Waals surface area contributed by atoms with Crippen molar-refractivity contribution in [2.45, 2.75) is 13.8 Å². The molecule has 5 nitrogen and oxygen atoms in total. The van der Waals surface area contributed by atoms with Crippen LogP contribution in [0, 0.1) is 5.92 Å². The van der Waals surface area contributed by atoms with Gasteiger partial charge in [0.15, 0.2) is 5.96 Å². The van der Waals surface area contributed by atoms with Gasteiger partial charge in [-0.15, -0.1) is 6.58 Å². The fraction of sp³-hybridized carbons (Fsp3) is 0.667. The Bertz CT molecular complexity index is 272. The predicted molar refractivity (Wildman–Crippen MR) is 72.0 cm³/mol. The van der Waals surface area contributed by atoms with E-state index in [0.29, 0.717) is 18.4 Å². The molecule has 0 spiro atoms. The highest BCUT2D eigenvalue weighted by Crippen LogP contribution is 1.87. The molecule has 5 heteroatoms. The summed E-state index contributed by atoms with van der Waals surface area (Å²) in [6.07, 6.45) is 1.75. The quantitative estimate of drug-likeness (QED) is 0.403. The van der Waals surface area contributed by atoms with Crippen molar-refractivity contribution in [1.82, 2.24) is 15.5 Å². The number of carbonyl (C=O) groups is 1. The van der Waals surface area contributed by atoms with E-state index in [-0.39, 0.29) is 12.5 Å². The molecule has 0 aromatic rings. The van der Waals surface area contributed by atoms with Gasteiger partial charge in [-0.25, -0.2) is 4.99 Å². The zero-order valence-corrected chi connectivity index (χ0v) is 11.3. The van der Waals surface area contributed by atoms with Crippen LogP contribution in [0.2, 0.25) is 0 Å². The minimum atomic E-state index is -0.0192. The summed E-state index contributed by atoms with van der Waals surface area (Å²) in [4.78, 5) is 17.1. The van der Waals surface area contributed by atoms with Crippen molar-refractivity contribution in [3.63, 3.8) is 0 Å². The molecule has 0 aromatic carbocycles. The molecular formula is C12H24N4O. The standard InChI is InChI=1S/C12H24N4O/c1-6-7-13-12(14-8-10(2)3)15-9-11(17)16(4)5/h6,10H,1,7-9H2,2-5H3,(H2,13,14,15). The van der Waals surface area contributed by atoms with E-state index in [1.165, 1.54) is 4.90 Å². The third-order valence-corrected chi connectivity index (χ3v) is 1.96. The van der Waals surface area contributed by atoms with Crippen molar-refractivity contribution in [1.29, 1.82) is 0 Å². The van der Waals surface area contributed by atoms with E-state index >= 15 is 0 Å². The van der Waals surface area contributed by atoms with Gasteiger partial charge in [-0.2, -0.15) is 0 Å². The van der Waals surface area contributed by atoms with E-state index in [1.807, 2.05) is 0 Å². The Labute approximate surface area is 104 Å². The van der Waals surface area contributed by atoms with Gasteiger partial charge in [0.2, 0.25) is 5.91 Å². The number of carbonyl (C=O) groups excluding carboxylic acids is 1. The summed E-state index contributed by atoms with van der Waals surface area (Å²) in [7, 11) is 3.44. The molecule has 0 bridgehead atoms. The second-order valence-corrected chi connectivity index (χ2v) is 4.40. The molecule has 0 radical (unpaired) electrons. The van der Waals surface area contributed by atoms with E-state index in [2.05, 4.69) is 36.1 Å². The third-order valence-electron chi connectivity index (χ3n) is 1.96. The smallest absolute Gasteiger partial charge is 0.243 e. The molecule has 0 fully saturated rings. The van der Waals surface area contributed by atoms with Crippen molar-refractivity contribution < 1.29 is 4.79 Å². The van der Waals surface area contributed by atoms with Crippen LogP contribution in [0.3, 0.4) is 0 Å². The summed E-state index contributed by atoms with van der Waals surface area (Å²) < 4.78 is 0. The number of nitrogens with zero attached hydrogens (tertiary/aromatic N) is 2. The molecule has 0 aromatic heterocycles. The van der Waals surface area contributed by atoms with Crippen LogP contribution in [-0.2, 0) is 4.79 Å². The summed E-state index contributed by atoms with van der Waals surface area (Å²) >= 11 is 0. The minimum Gasteiger partial charge on any atom is -0.356 e. The molecule has 98 valence electrons. The molecule has 0 aliphatic carbocycles. The Morgan fingerprint density at radius 2 is 2.06 bits per heavy atom. The van der Waals surface area contributed by atoms with Gasteiger partial charge in [0, 0.05) is 27.2 Å². The summed E-state index contributed by atoms with van der Waals surface area (Å²) in [5.74, 6) is 1.15. The van der Waals surface area contributed by atoms with Gasteiger partial charge < -0.3 is 15.5 Å². The topological polar surface area (TPSA) is 56.7 Å². The number of rotatable bonds is 6. The first kappa shape index (κ1) is 15.5. The van der Waals surface area contributed by atoms with Crippen molar-refractivity contribution in [2.75, 3.05) is 33.7 Å². The van der Waals surface area contributed by atoms with Crippen molar-refractivity contribution >= 4 is 11.9 Å². The Morgan fingerprint density at radius 1 is 1.41 bits per heavy atom. The number of amides is 1. The fourth-order valence-corrected chi connectivity index (χ4v) is 0.932. The summed E-state index contributed by atoms with van der Waals surface area (Å²) in [5.41, 5.74) is 0. The number of hydrogen-bond acceptors (Lipinski definition) is 2. The van der Waals surface area contributed by atoms with Crippen molar-refractivity contribution in [3.8, 4) is 0 Å². The molecule has 0 heterocycles. The van der Waals surface area contributed by atoms with Gasteiger partial charge in [0.1, 0.15) is 6.54 Å². The lowest BCUT2D eigenvalue weighted by atomic mass is 10.2. The van der Waals surface area contributed by atoms with Crippen LogP contribution in [0.25, 0.3) is 0 Å². The normalized spacial score (nSPS) is 11.2. The second kappa shape index (κ2) is 8.61. The van der Waals surface area contributed by atoms with E-state index in [0.717, 1.165) is 6.54 Å². The molecule has 2 N–H and O–H groups in total. The molecule has 0 rings (SSSR count). The Morgan fingerprint density at radius 3 is 2.53 bits per heavy atom. The van der Waals surface area contributed by atoms with E-state index < -0.39 is 0 Å². The first-order chi connectivity index (χ1) is 7.97. The Balaban J connectivity index is 4.28. The maximum absolute atomic E-state index is 11.4. The van der Waals surface area contributed by atoms with Crippen molar-refractivity contribution in [3.05, 3.63) is 12.7 Å². The molecule has 0 aliphatic rings. The fourth-order valence-electron chi connectivity index (χ4n) is 0.932. The zero-order valence-electron chi connectivity index (χ0n) is 11.3. The van der Waals surface area contributed by atoms with Gasteiger partial charge in [-0.05, 0) is 5.92 Å². The zero-order chi connectivity index (χ0) is 13.3. The van der Waals surface area contributed by atoms with Crippen LogP contribution in [0.5, 0.6) is 0 Å². The summed E-state index contributed by atoms with van der Waals surface area (Å²) in [5, 5.41) is 6.24. The largest absolute Gasteiger partial charge is 0.356 e. The number of nitrogens with one attached hydrogen (secondary N) is 2. The molecule has 0 unspecified atom stereocenters. The molecule has 17 heavy (non-hydrogen) atoms. The highest BCUT2D eigenvalue weighted by atomic mass is 16.2. The summed E-state index contributed by atoms with van der Waals surface area (Å²) in [6.45, 7) is 9.45. The van der Waals surface area contributed by atoms with E-state index in [4.69, 9.17) is 0 Å². The van der Waals surface area contributed by atoms with E-state index in [1.54, 1.807) is 20.2 Å². The van der Waals surface area contributed by atoms with Gasteiger partial charge in [0.05, 0.1) is 0 Å². The molecular weight excluding hydrogens is 216 g/mol. The highest BCUT2D eigenvalue weighted by molar-refractivity contribution is 5.84. The molecule has 0 saturated carbocycles. The SMILES string of the molecule is C=CCNC(=NCC(=O)N(C)C)NCC(C)C. The van der Waals surface area contributed by atoms with Gasteiger partial charge in [-0.1, -0.05) is 19.9 Å². The number of guanidine groups is 1.